The Kier molecular flexibility index (Phi) is 5.54. The number of anilines is 1. The van der Waals surface area contributed by atoms with Crippen LogP contribution in [0.15, 0.2) is 48.4 Å². The van der Waals surface area contributed by atoms with Crippen molar-refractivity contribution in [3.05, 3.63) is 71.0 Å². The molecule has 1 aromatic heterocycles. The van der Waals surface area contributed by atoms with Crippen molar-refractivity contribution in [2.24, 2.45) is 0 Å². The molecule has 7 heteroatoms. The van der Waals surface area contributed by atoms with Crippen molar-refractivity contribution in [3.8, 4) is 0 Å². The number of halogens is 1. The Labute approximate surface area is 193 Å². The number of hydrogen-bond acceptors (Lipinski definition) is 5. The molecule has 0 bridgehead atoms. The molecule has 5 rings (SSSR count). The lowest BCUT2D eigenvalue weighted by atomic mass is 9.93. The van der Waals surface area contributed by atoms with Gasteiger partial charge in [0.05, 0.1) is 11.3 Å². The number of ether oxygens (including phenoxy) is 1. The van der Waals surface area contributed by atoms with Crippen LogP contribution in [0.4, 0.5) is 10.1 Å². The summed E-state index contributed by atoms with van der Waals surface area (Å²) in [6.07, 6.45) is 4.72. The summed E-state index contributed by atoms with van der Waals surface area (Å²) < 4.78 is 19.8. The number of carbonyl (C=O) groups is 1. The zero-order chi connectivity index (χ0) is 23.2. The highest BCUT2D eigenvalue weighted by atomic mass is 19.1. The predicted molar refractivity (Wildman–Crippen MR) is 127 cm³/mol. The SMILES string of the molecule is CN1CCN(CCc2ccc(C3=C/C(=C4\C(=O)Nc5cc(F)ccc54)OC3(C)C)cn2)CC1. The van der Waals surface area contributed by atoms with Crippen LogP contribution in [0.2, 0.25) is 0 Å². The molecule has 1 fully saturated rings. The molecule has 0 unspecified atom stereocenters. The number of nitrogens with one attached hydrogen (secondary N) is 1. The quantitative estimate of drug-likeness (QED) is 0.725. The van der Waals surface area contributed by atoms with Crippen LogP contribution in [-0.4, -0.2) is 66.1 Å². The van der Waals surface area contributed by atoms with Gasteiger partial charge in [0.15, 0.2) is 0 Å². The van der Waals surface area contributed by atoms with Crippen LogP contribution in [0, 0.1) is 5.82 Å². The summed E-state index contributed by atoms with van der Waals surface area (Å²) in [6, 6.07) is 8.46. The maximum atomic E-state index is 13.6. The van der Waals surface area contributed by atoms with Crippen LogP contribution in [-0.2, 0) is 16.0 Å². The van der Waals surface area contributed by atoms with Crippen LogP contribution >= 0.6 is 0 Å². The Balaban J connectivity index is 1.36. The van der Waals surface area contributed by atoms with E-state index in [0.29, 0.717) is 22.6 Å². The van der Waals surface area contributed by atoms with E-state index in [2.05, 4.69) is 34.3 Å². The van der Waals surface area contributed by atoms with Crippen molar-refractivity contribution in [2.45, 2.75) is 25.9 Å². The Morgan fingerprint density at radius 2 is 1.94 bits per heavy atom. The molecule has 6 nitrogen and oxygen atoms in total. The molecule has 1 N–H and O–H groups in total. The number of rotatable bonds is 4. The lowest BCUT2D eigenvalue weighted by Crippen LogP contribution is -2.45. The molecule has 1 amide bonds. The Bertz CT molecular complexity index is 1150. The lowest BCUT2D eigenvalue weighted by molar-refractivity contribution is -0.111. The second-order valence-electron chi connectivity index (χ2n) is 9.49. The minimum Gasteiger partial charge on any atom is -0.482 e. The topological polar surface area (TPSA) is 57.7 Å². The van der Waals surface area contributed by atoms with Crippen LogP contribution in [0.1, 0.15) is 30.7 Å². The van der Waals surface area contributed by atoms with Gasteiger partial charge in [0, 0.05) is 67.7 Å². The summed E-state index contributed by atoms with van der Waals surface area (Å²) in [7, 11) is 2.17. The van der Waals surface area contributed by atoms with Gasteiger partial charge in [-0.3, -0.25) is 9.78 Å². The van der Waals surface area contributed by atoms with Crippen molar-refractivity contribution in [3.63, 3.8) is 0 Å². The van der Waals surface area contributed by atoms with E-state index in [4.69, 9.17) is 9.72 Å². The summed E-state index contributed by atoms with van der Waals surface area (Å²) >= 11 is 0. The Hall–Kier alpha value is -3.03. The number of allylic oxidation sites excluding steroid dienone is 1. The highest BCUT2D eigenvalue weighted by Crippen LogP contribution is 2.44. The Morgan fingerprint density at radius 3 is 2.67 bits per heavy atom. The summed E-state index contributed by atoms with van der Waals surface area (Å²) in [5, 5.41) is 2.73. The number of piperazine rings is 1. The number of hydrogen-bond donors (Lipinski definition) is 1. The Morgan fingerprint density at radius 1 is 1.15 bits per heavy atom. The van der Waals surface area contributed by atoms with Crippen molar-refractivity contribution in [1.82, 2.24) is 14.8 Å². The maximum absolute atomic E-state index is 13.6. The van der Waals surface area contributed by atoms with E-state index in [-0.39, 0.29) is 11.7 Å². The number of nitrogens with zero attached hydrogens (tertiary/aromatic N) is 3. The van der Waals surface area contributed by atoms with Gasteiger partial charge in [0.2, 0.25) is 0 Å². The molecule has 3 aliphatic rings. The molecule has 0 spiro atoms. The number of aromatic nitrogens is 1. The fourth-order valence-electron chi connectivity index (χ4n) is 4.68. The van der Waals surface area contributed by atoms with E-state index in [1.807, 2.05) is 26.1 Å². The van der Waals surface area contributed by atoms with Gasteiger partial charge in [-0.1, -0.05) is 6.07 Å². The molecule has 3 aliphatic heterocycles. The fourth-order valence-corrected chi connectivity index (χ4v) is 4.68. The fraction of sp³-hybridized carbons (Fsp3) is 0.385. The number of benzene rings is 1. The minimum atomic E-state index is -0.617. The van der Waals surface area contributed by atoms with E-state index in [1.54, 1.807) is 6.07 Å². The molecule has 0 saturated carbocycles. The molecule has 1 saturated heterocycles. The number of pyridine rings is 1. The summed E-state index contributed by atoms with van der Waals surface area (Å²) in [4.78, 5) is 22.2. The minimum absolute atomic E-state index is 0.281. The first-order valence-electron chi connectivity index (χ1n) is 11.4. The molecule has 0 aliphatic carbocycles. The molecule has 33 heavy (non-hydrogen) atoms. The molecule has 0 atom stereocenters. The summed E-state index contributed by atoms with van der Waals surface area (Å²) in [6.45, 7) is 9.42. The average molecular weight is 449 g/mol. The zero-order valence-corrected chi connectivity index (χ0v) is 19.3. The summed E-state index contributed by atoms with van der Waals surface area (Å²) in [5.74, 6) is -0.170. The number of amides is 1. The normalized spacial score (nSPS) is 22.7. The van der Waals surface area contributed by atoms with E-state index in [0.717, 1.165) is 56.0 Å². The van der Waals surface area contributed by atoms with Gasteiger partial charge in [-0.15, -0.1) is 0 Å². The van der Waals surface area contributed by atoms with E-state index < -0.39 is 5.60 Å². The first kappa shape index (κ1) is 21.8. The second kappa shape index (κ2) is 8.39. The highest BCUT2D eigenvalue weighted by molar-refractivity contribution is 6.32. The monoisotopic (exact) mass is 448 g/mol. The van der Waals surface area contributed by atoms with Crippen LogP contribution in [0.25, 0.3) is 11.1 Å². The van der Waals surface area contributed by atoms with Gasteiger partial charge in [0.1, 0.15) is 17.2 Å². The average Bonchev–Trinajstić information content (AvgIpc) is 3.27. The van der Waals surface area contributed by atoms with Gasteiger partial charge >= 0.3 is 0 Å². The van der Waals surface area contributed by atoms with Crippen LogP contribution < -0.4 is 5.32 Å². The van der Waals surface area contributed by atoms with Gasteiger partial charge in [-0.2, -0.15) is 0 Å². The standard InChI is InChI=1S/C26H29FN4O2/c1-26(2)21(15-23(33-26)24-20-7-5-18(27)14-22(20)29-25(24)32)17-4-6-19(28-16-17)8-9-31-12-10-30(3)11-13-31/h4-7,14-16H,8-13H2,1-3H3,(H,29,32)/b24-23+. The van der Waals surface area contributed by atoms with Crippen molar-refractivity contribution in [2.75, 3.05) is 45.1 Å². The first-order valence-corrected chi connectivity index (χ1v) is 11.4. The molecule has 172 valence electrons. The molecular formula is C26H29FN4O2. The number of likely N-dealkylation sites (N-methyl/N-ethyl adjacent to an activating group) is 1. The predicted octanol–water partition coefficient (Wildman–Crippen LogP) is 3.57. The number of fused-ring (bicyclic) bond motifs is 1. The zero-order valence-electron chi connectivity index (χ0n) is 19.3. The first-order chi connectivity index (χ1) is 15.8. The van der Waals surface area contributed by atoms with E-state index in [1.165, 1.54) is 12.1 Å². The third kappa shape index (κ3) is 4.30. The number of carbonyl (C=O) groups excluding carboxylic acids is 1. The van der Waals surface area contributed by atoms with E-state index in [9.17, 15) is 9.18 Å². The molecule has 2 aromatic rings. The molecule has 1 aromatic carbocycles. The third-order valence-electron chi connectivity index (χ3n) is 6.68. The lowest BCUT2D eigenvalue weighted by Gasteiger charge is -2.32. The summed E-state index contributed by atoms with van der Waals surface area (Å²) in [5.41, 5.74) is 3.95. The van der Waals surface area contributed by atoms with Crippen LogP contribution in [0.3, 0.4) is 0 Å². The molecule has 4 heterocycles. The van der Waals surface area contributed by atoms with Gasteiger partial charge in [0.25, 0.3) is 5.91 Å². The van der Waals surface area contributed by atoms with Gasteiger partial charge in [-0.25, -0.2) is 4.39 Å². The smallest absolute Gasteiger partial charge is 0.260 e. The largest absolute Gasteiger partial charge is 0.482 e. The van der Waals surface area contributed by atoms with Crippen molar-refractivity contribution >= 4 is 22.7 Å². The highest BCUT2D eigenvalue weighted by Gasteiger charge is 2.38. The maximum Gasteiger partial charge on any atom is 0.260 e. The van der Waals surface area contributed by atoms with E-state index >= 15 is 0 Å². The van der Waals surface area contributed by atoms with Gasteiger partial charge < -0.3 is 19.9 Å². The second-order valence-corrected chi connectivity index (χ2v) is 9.49. The van der Waals surface area contributed by atoms with Gasteiger partial charge in [-0.05, 0) is 51.2 Å². The molecule has 0 radical (unpaired) electrons. The van der Waals surface area contributed by atoms with Crippen molar-refractivity contribution < 1.29 is 13.9 Å². The van der Waals surface area contributed by atoms with Crippen molar-refractivity contribution in [1.29, 1.82) is 0 Å². The molecular weight excluding hydrogens is 419 g/mol. The third-order valence-corrected chi connectivity index (χ3v) is 6.68. The van der Waals surface area contributed by atoms with Crippen LogP contribution in [0.5, 0.6) is 0 Å².